The molecule has 0 unspecified atom stereocenters. The third-order valence-corrected chi connectivity index (χ3v) is 15.7. The van der Waals surface area contributed by atoms with Gasteiger partial charge >= 0.3 is 0 Å². The van der Waals surface area contributed by atoms with Crippen LogP contribution in [-0.4, -0.2) is 15.0 Å². The molecular formula is C52H48N4. The summed E-state index contributed by atoms with van der Waals surface area (Å²) < 4.78 is 0. The first kappa shape index (κ1) is 33.0. The maximum Gasteiger partial charge on any atom is 0.164 e. The van der Waals surface area contributed by atoms with Gasteiger partial charge in [0.25, 0.3) is 0 Å². The lowest BCUT2D eigenvalue weighted by atomic mass is 9.48. The van der Waals surface area contributed by atoms with E-state index < -0.39 is 0 Å². The number of rotatable bonds is 6. The molecule has 0 saturated heterocycles. The highest BCUT2D eigenvalue weighted by Crippen LogP contribution is 2.62. The summed E-state index contributed by atoms with van der Waals surface area (Å²) in [6.45, 7) is 0. The maximum atomic E-state index is 9.34. The lowest BCUT2D eigenvalue weighted by Crippen LogP contribution is -2.48. The van der Waals surface area contributed by atoms with Gasteiger partial charge in [-0.25, -0.2) is 15.0 Å². The van der Waals surface area contributed by atoms with Gasteiger partial charge in [-0.1, -0.05) is 91.0 Å². The zero-order chi connectivity index (χ0) is 37.0. The van der Waals surface area contributed by atoms with E-state index in [0.717, 1.165) is 85.7 Å². The molecule has 8 saturated carbocycles. The first-order valence-electron chi connectivity index (χ1n) is 21.5. The first-order valence-corrected chi connectivity index (χ1v) is 21.5. The van der Waals surface area contributed by atoms with Crippen LogP contribution in [0.4, 0.5) is 0 Å². The third-order valence-electron chi connectivity index (χ3n) is 15.7. The van der Waals surface area contributed by atoms with Crippen molar-refractivity contribution in [2.45, 2.75) is 87.9 Å². The van der Waals surface area contributed by atoms with Gasteiger partial charge < -0.3 is 0 Å². The molecule has 0 aliphatic heterocycles. The van der Waals surface area contributed by atoms with Gasteiger partial charge in [0.1, 0.15) is 0 Å². The lowest BCUT2D eigenvalue weighted by molar-refractivity contribution is -0.00530. The number of hydrogen-bond acceptors (Lipinski definition) is 4. The quantitative estimate of drug-likeness (QED) is 0.171. The summed E-state index contributed by atoms with van der Waals surface area (Å²) in [5.74, 6) is 7.73. The van der Waals surface area contributed by atoms with E-state index in [1.54, 1.807) is 0 Å². The Hall–Kier alpha value is -5.14. The molecule has 1 aromatic heterocycles. The van der Waals surface area contributed by atoms with Gasteiger partial charge in [-0.15, -0.1) is 0 Å². The zero-order valence-corrected chi connectivity index (χ0v) is 32.1. The number of fused-ring (bicyclic) bond motifs is 1. The van der Waals surface area contributed by atoms with E-state index in [1.165, 1.54) is 88.2 Å². The summed E-state index contributed by atoms with van der Waals surface area (Å²) in [6, 6.07) is 42.0. The van der Waals surface area contributed by atoms with Crippen molar-refractivity contribution in [1.29, 1.82) is 5.26 Å². The predicted molar refractivity (Wildman–Crippen MR) is 223 cm³/mol. The molecule has 56 heavy (non-hydrogen) atoms. The standard InChI is InChI=1S/C52H48N4/c53-31-32-1-2-45-24-44(8-7-43(45)23-32)39-3-5-40(6-4-39)48-54-49(41-9-13-46(14-10-41)51-25-33-17-34(26-51)19-35(18-33)27-51)56-50(55-48)42-11-15-47(16-12-42)52-28-36-20-37(29-52)22-38(21-36)30-52/h1-16,23-24,33-38H,17-22,25-30H2/t33-,34+,35-,36-,37+,38?,51?,52?. The van der Waals surface area contributed by atoms with Crippen molar-refractivity contribution in [3.05, 3.63) is 126 Å². The van der Waals surface area contributed by atoms with Crippen LogP contribution >= 0.6 is 0 Å². The predicted octanol–water partition coefficient (Wildman–Crippen LogP) is 12.5. The van der Waals surface area contributed by atoms with Crippen LogP contribution in [-0.2, 0) is 10.8 Å². The van der Waals surface area contributed by atoms with Gasteiger partial charge in [0.15, 0.2) is 17.5 Å². The van der Waals surface area contributed by atoms with Crippen molar-refractivity contribution < 1.29 is 0 Å². The molecule has 8 aliphatic rings. The van der Waals surface area contributed by atoms with Crippen LogP contribution in [0, 0.1) is 46.8 Å². The first-order chi connectivity index (χ1) is 27.4. The van der Waals surface area contributed by atoms with Gasteiger partial charge in [-0.3, -0.25) is 0 Å². The Morgan fingerprint density at radius 2 is 0.732 bits per heavy atom. The Bertz CT molecular complexity index is 2360. The molecule has 8 bridgehead atoms. The average Bonchev–Trinajstić information content (AvgIpc) is 3.22. The highest BCUT2D eigenvalue weighted by Gasteiger charge is 2.52. The minimum atomic E-state index is 0.369. The van der Waals surface area contributed by atoms with Gasteiger partial charge in [0.05, 0.1) is 11.6 Å². The molecule has 0 N–H and O–H groups in total. The lowest BCUT2D eigenvalue weighted by Gasteiger charge is -2.57. The van der Waals surface area contributed by atoms with Crippen molar-refractivity contribution in [2.75, 3.05) is 0 Å². The number of aromatic nitrogens is 3. The number of nitriles is 1. The van der Waals surface area contributed by atoms with Crippen LogP contribution in [0.25, 0.3) is 56.1 Å². The van der Waals surface area contributed by atoms with E-state index in [0.29, 0.717) is 22.2 Å². The summed E-state index contributed by atoms with van der Waals surface area (Å²) in [4.78, 5) is 15.6. The molecule has 0 radical (unpaired) electrons. The molecule has 8 aliphatic carbocycles. The van der Waals surface area contributed by atoms with Crippen molar-refractivity contribution >= 4 is 10.8 Å². The molecule has 8 fully saturated rings. The SMILES string of the molecule is N#Cc1ccc2cc(-c3ccc(-c4nc(-c5ccc(C67CC8C[C@H](C6)C[C@@H](C8)C7)cc5)nc(-c5ccc(C67C[C@H]8C[C@@H](C6)C[C@@H](C7)C8)cc5)n4)cc3)ccc2c1. The van der Waals surface area contributed by atoms with Crippen molar-refractivity contribution in [2.24, 2.45) is 35.5 Å². The molecule has 0 amide bonds. The van der Waals surface area contributed by atoms with Crippen LogP contribution in [0.2, 0.25) is 0 Å². The fourth-order valence-corrected chi connectivity index (χ4v) is 13.9. The summed E-state index contributed by atoms with van der Waals surface area (Å²) in [7, 11) is 0. The Morgan fingerprint density at radius 3 is 1.14 bits per heavy atom. The second kappa shape index (κ2) is 12.4. The Morgan fingerprint density at radius 1 is 0.393 bits per heavy atom. The van der Waals surface area contributed by atoms with Crippen LogP contribution in [0.3, 0.4) is 0 Å². The van der Waals surface area contributed by atoms with E-state index in [2.05, 4.69) is 97.1 Å². The highest BCUT2D eigenvalue weighted by molar-refractivity contribution is 5.88. The molecule has 14 rings (SSSR count). The highest BCUT2D eigenvalue weighted by atomic mass is 15.0. The monoisotopic (exact) mass is 728 g/mol. The fraction of sp³-hybridized carbons (Fsp3) is 0.385. The van der Waals surface area contributed by atoms with Crippen LogP contribution < -0.4 is 0 Å². The molecule has 6 aromatic rings. The van der Waals surface area contributed by atoms with Gasteiger partial charge in [-0.05, 0) is 175 Å². The maximum absolute atomic E-state index is 9.34. The van der Waals surface area contributed by atoms with Crippen LogP contribution in [0.5, 0.6) is 0 Å². The largest absolute Gasteiger partial charge is 0.208 e. The van der Waals surface area contributed by atoms with E-state index in [9.17, 15) is 5.26 Å². The second-order valence-electron chi connectivity index (χ2n) is 19.3. The van der Waals surface area contributed by atoms with E-state index in [1.807, 2.05) is 18.2 Å². The summed E-state index contributed by atoms with van der Waals surface area (Å²) >= 11 is 0. The second-order valence-corrected chi connectivity index (χ2v) is 19.3. The van der Waals surface area contributed by atoms with Crippen LogP contribution in [0.15, 0.2) is 109 Å². The molecule has 4 nitrogen and oxygen atoms in total. The minimum Gasteiger partial charge on any atom is -0.208 e. The smallest absolute Gasteiger partial charge is 0.164 e. The van der Waals surface area contributed by atoms with E-state index in [4.69, 9.17) is 15.0 Å². The van der Waals surface area contributed by atoms with E-state index in [-0.39, 0.29) is 0 Å². The van der Waals surface area contributed by atoms with E-state index >= 15 is 0 Å². The van der Waals surface area contributed by atoms with Gasteiger partial charge in [0, 0.05) is 16.7 Å². The Labute approximate surface area is 330 Å². The summed E-state index contributed by atoms with van der Waals surface area (Å²) in [5.41, 5.74) is 9.85. The number of benzene rings is 5. The number of hydrogen-bond donors (Lipinski definition) is 0. The normalized spacial score (nSPS) is 30.8. The molecule has 4 heteroatoms. The Balaban J connectivity index is 0.896. The van der Waals surface area contributed by atoms with Crippen molar-refractivity contribution in [1.82, 2.24) is 15.0 Å². The fourth-order valence-electron chi connectivity index (χ4n) is 13.9. The van der Waals surface area contributed by atoms with Crippen LogP contribution in [0.1, 0.15) is 93.7 Å². The summed E-state index contributed by atoms with van der Waals surface area (Å²) in [6.07, 6.45) is 17.0. The molecular weight excluding hydrogens is 681 g/mol. The molecule has 276 valence electrons. The topological polar surface area (TPSA) is 62.5 Å². The summed E-state index contributed by atoms with van der Waals surface area (Å²) in [5, 5.41) is 11.5. The van der Waals surface area contributed by atoms with Gasteiger partial charge in [-0.2, -0.15) is 5.26 Å². The average molecular weight is 729 g/mol. The minimum absolute atomic E-state index is 0.369. The van der Waals surface area contributed by atoms with Crippen molar-refractivity contribution in [3.63, 3.8) is 0 Å². The molecule has 5 aromatic carbocycles. The molecule has 0 spiro atoms. The van der Waals surface area contributed by atoms with Gasteiger partial charge in [0.2, 0.25) is 0 Å². The Kier molecular flexibility index (Phi) is 7.33. The molecule has 0 atom stereocenters. The third kappa shape index (κ3) is 5.48. The zero-order valence-electron chi connectivity index (χ0n) is 32.1. The number of nitrogens with zero attached hydrogens (tertiary/aromatic N) is 4. The van der Waals surface area contributed by atoms with Crippen molar-refractivity contribution in [3.8, 4) is 51.4 Å². The molecule has 1 heterocycles.